The molecule has 0 saturated carbocycles. The fourth-order valence-corrected chi connectivity index (χ4v) is 2.82. The molecule has 94 valence electrons. The normalized spacial score (nSPS) is 19.6. The van der Waals surface area contributed by atoms with E-state index in [1.165, 1.54) is 19.3 Å². The Morgan fingerprint density at radius 2 is 2.39 bits per heavy atom. The molecule has 1 aliphatic heterocycles. The van der Waals surface area contributed by atoms with E-state index in [9.17, 15) is 14.7 Å². The van der Waals surface area contributed by atoms with E-state index in [1.54, 1.807) is 12.1 Å². The first-order valence-corrected chi connectivity index (χ1v) is 6.24. The molecule has 1 atom stereocenters. The van der Waals surface area contributed by atoms with Gasteiger partial charge in [0.05, 0.1) is 23.2 Å². The van der Waals surface area contributed by atoms with Crippen LogP contribution >= 0.6 is 24.0 Å². The Morgan fingerprint density at radius 1 is 1.67 bits per heavy atom. The van der Waals surface area contributed by atoms with Crippen LogP contribution in [0.25, 0.3) is 6.08 Å². The lowest BCUT2D eigenvalue weighted by Gasteiger charge is -2.23. The average molecular weight is 282 g/mol. The third-order valence-electron chi connectivity index (χ3n) is 2.37. The Balaban J connectivity index is 2.27. The number of amides is 1. The van der Waals surface area contributed by atoms with Crippen LogP contribution in [0.1, 0.15) is 12.7 Å². The first kappa shape index (κ1) is 12.8. The second kappa shape index (κ2) is 4.95. The molecule has 0 aliphatic carbocycles. The van der Waals surface area contributed by atoms with Gasteiger partial charge in [-0.25, -0.2) is 0 Å². The van der Waals surface area contributed by atoms with E-state index >= 15 is 0 Å². The van der Waals surface area contributed by atoms with Gasteiger partial charge in [0, 0.05) is 6.08 Å². The summed E-state index contributed by atoms with van der Waals surface area (Å²) in [6.45, 7) is 1.36. The predicted molar refractivity (Wildman–Crippen MR) is 68.2 cm³/mol. The Labute approximate surface area is 112 Å². The van der Waals surface area contributed by atoms with Crippen LogP contribution in [-0.2, 0) is 9.59 Å². The average Bonchev–Trinajstić information content (AvgIpc) is 2.88. The van der Waals surface area contributed by atoms with E-state index < -0.39 is 17.9 Å². The third-order valence-corrected chi connectivity index (χ3v) is 3.70. The SMILES string of the molecule is CC(C(=O)[O-])N1C(=O)C(=Cc2ccco2)SC1=S. The van der Waals surface area contributed by atoms with Crippen LogP contribution in [0, 0.1) is 0 Å². The third kappa shape index (κ3) is 2.32. The first-order valence-electron chi connectivity index (χ1n) is 5.02. The number of carbonyl (C=O) groups is 2. The van der Waals surface area contributed by atoms with Crippen molar-refractivity contribution in [1.82, 2.24) is 4.90 Å². The molecular weight excluding hydrogens is 274 g/mol. The summed E-state index contributed by atoms with van der Waals surface area (Å²) in [5.74, 6) is -1.28. The van der Waals surface area contributed by atoms with Crippen molar-refractivity contribution < 1.29 is 19.1 Å². The molecule has 0 spiro atoms. The number of thiocarbonyl (C=S) groups is 1. The van der Waals surface area contributed by atoms with Gasteiger partial charge in [-0.15, -0.1) is 0 Å². The summed E-state index contributed by atoms with van der Waals surface area (Å²) in [5.41, 5.74) is 0. The number of thioether (sulfide) groups is 1. The summed E-state index contributed by atoms with van der Waals surface area (Å²) in [7, 11) is 0. The molecule has 18 heavy (non-hydrogen) atoms. The Kier molecular flexibility index (Phi) is 3.53. The van der Waals surface area contributed by atoms with Gasteiger partial charge < -0.3 is 14.3 Å². The minimum absolute atomic E-state index is 0.203. The van der Waals surface area contributed by atoms with Crippen molar-refractivity contribution in [3.8, 4) is 0 Å². The van der Waals surface area contributed by atoms with Crippen LogP contribution in [0.4, 0.5) is 0 Å². The van der Waals surface area contributed by atoms with Crippen molar-refractivity contribution >= 4 is 46.3 Å². The maximum absolute atomic E-state index is 12.0. The van der Waals surface area contributed by atoms with Crippen molar-refractivity contribution in [2.24, 2.45) is 0 Å². The van der Waals surface area contributed by atoms with E-state index in [1.807, 2.05) is 0 Å². The number of hydrogen-bond acceptors (Lipinski definition) is 6. The lowest BCUT2D eigenvalue weighted by atomic mass is 10.3. The number of carboxylic acid groups (broad SMARTS) is 1. The summed E-state index contributed by atoms with van der Waals surface area (Å²) < 4.78 is 5.29. The molecule has 1 saturated heterocycles. The van der Waals surface area contributed by atoms with Gasteiger partial charge in [0.15, 0.2) is 0 Å². The monoisotopic (exact) mass is 282 g/mol. The molecule has 1 aliphatic rings. The molecular formula is C11H8NO4S2-. The minimum Gasteiger partial charge on any atom is -0.548 e. The Morgan fingerprint density at radius 3 is 2.94 bits per heavy atom. The van der Waals surface area contributed by atoms with Crippen LogP contribution in [0.2, 0.25) is 0 Å². The number of nitrogens with zero attached hydrogens (tertiary/aromatic N) is 1. The number of furan rings is 1. The van der Waals surface area contributed by atoms with Gasteiger partial charge in [0.25, 0.3) is 5.91 Å². The van der Waals surface area contributed by atoms with Gasteiger partial charge in [0.1, 0.15) is 10.1 Å². The lowest BCUT2D eigenvalue weighted by Crippen LogP contribution is -2.48. The first-order chi connectivity index (χ1) is 8.50. The van der Waals surface area contributed by atoms with Gasteiger partial charge in [-0.3, -0.25) is 9.69 Å². The Bertz CT molecular complexity index is 535. The summed E-state index contributed by atoms with van der Waals surface area (Å²) in [6.07, 6.45) is 3.01. The Hall–Kier alpha value is -1.60. The zero-order valence-corrected chi connectivity index (χ0v) is 10.9. The van der Waals surface area contributed by atoms with Gasteiger partial charge in [-0.1, -0.05) is 24.0 Å². The number of rotatable bonds is 3. The molecule has 0 radical (unpaired) electrons. The minimum atomic E-state index is -1.34. The largest absolute Gasteiger partial charge is 0.548 e. The van der Waals surface area contributed by atoms with Crippen molar-refractivity contribution in [2.45, 2.75) is 13.0 Å². The number of carbonyl (C=O) groups excluding carboxylic acids is 2. The molecule has 1 unspecified atom stereocenters. The summed E-state index contributed by atoms with van der Waals surface area (Å²) in [4.78, 5) is 24.2. The number of carboxylic acids is 1. The number of hydrogen-bond donors (Lipinski definition) is 0. The van der Waals surface area contributed by atoms with Crippen LogP contribution in [-0.4, -0.2) is 27.1 Å². The topological polar surface area (TPSA) is 73.6 Å². The molecule has 0 N–H and O–H groups in total. The molecule has 1 aromatic rings. The van der Waals surface area contributed by atoms with Crippen molar-refractivity contribution in [1.29, 1.82) is 0 Å². The maximum Gasteiger partial charge on any atom is 0.266 e. The standard InChI is InChI=1S/C11H9NO4S2/c1-6(10(14)15)12-9(13)8(18-11(12)17)5-7-3-2-4-16-7/h2-6H,1H3,(H,14,15)/p-1. The van der Waals surface area contributed by atoms with E-state index in [4.69, 9.17) is 16.6 Å². The zero-order chi connectivity index (χ0) is 13.3. The lowest BCUT2D eigenvalue weighted by molar-refractivity contribution is -0.309. The van der Waals surface area contributed by atoms with E-state index in [2.05, 4.69) is 0 Å². The molecule has 0 aromatic carbocycles. The van der Waals surface area contributed by atoms with Crippen LogP contribution in [0.15, 0.2) is 27.7 Å². The molecule has 7 heteroatoms. The van der Waals surface area contributed by atoms with Gasteiger partial charge in [0.2, 0.25) is 0 Å². The van der Waals surface area contributed by atoms with Gasteiger partial charge in [-0.05, 0) is 19.1 Å². The summed E-state index contributed by atoms with van der Waals surface area (Å²) >= 11 is 6.03. The highest BCUT2D eigenvalue weighted by molar-refractivity contribution is 8.26. The molecule has 2 rings (SSSR count). The van der Waals surface area contributed by atoms with Crippen molar-refractivity contribution in [2.75, 3.05) is 0 Å². The quantitative estimate of drug-likeness (QED) is 0.597. The van der Waals surface area contributed by atoms with Crippen LogP contribution in [0.3, 0.4) is 0 Å². The van der Waals surface area contributed by atoms with E-state index in [0.717, 1.165) is 16.7 Å². The number of aliphatic carboxylic acids is 1. The highest BCUT2D eigenvalue weighted by Crippen LogP contribution is 2.33. The molecule has 1 aromatic heterocycles. The molecule has 1 fully saturated rings. The smallest absolute Gasteiger partial charge is 0.266 e. The second-order valence-electron chi connectivity index (χ2n) is 3.56. The predicted octanol–water partition coefficient (Wildman–Crippen LogP) is 0.619. The molecule has 2 heterocycles. The van der Waals surface area contributed by atoms with Crippen molar-refractivity contribution in [3.05, 3.63) is 29.1 Å². The molecule has 0 bridgehead atoms. The summed E-state index contributed by atoms with van der Waals surface area (Å²) in [6, 6.07) is 2.30. The highest BCUT2D eigenvalue weighted by Gasteiger charge is 2.35. The van der Waals surface area contributed by atoms with Crippen molar-refractivity contribution in [3.63, 3.8) is 0 Å². The van der Waals surface area contributed by atoms with Gasteiger partial charge >= 0.3 is 0 Å². The van der Waals surface area contributed by atoms with Crippen LogP contribution in [0.5, 0.6) is 0 Å². The maximum atomic E-state index is 12.0. The zero-order valence-electron chi connectivity index (χ0n) is 9.28. The van der Waals surface area contributed by atoms with Gasteiger partial charge in [-0.2, -0.15) is 0 Å². The van der Waals surface area contributed by atoms with Crippen LogP contribution < -0.4 is 5.11 Å². The molecule has 1 amide bonds. The highest BCUT2D eigenvalue weighted by atomic mass is 32.2. The fourth-order valence-electron chi connectivity index (χ4n) is 1.42. The summed E-state index contributed by atoms with van der Waals surface area (Å²) in [5, 5.41) is 10.8. The van der Waals surface area contributed by atoms with E-state index in [-0.39, 0.29) is 4.32 Å². The fraction of sp³-hybridized carbons (Fsp3) is 0.182. The second-order valence-corrected chi connectivity index (χ2v) is 5.24. The molecule has 5 nitrogen and oxygen atoms in total. The van der Waals surface area contributed by atoms with E-state index in [0.29, 0.717) is 10.7 Å².